The molecular formula is C18H34N2O. The summed E-state index contributed by atoms with van der Waals surface area (Å²) >= 11 is 0. The summed E-state index contributed by atoms with van der Waals surface area (Å²) < 4.78 is 0. The fourth-order valence-corrected chi connectivity index (χ4v) is 4.51. The molecule has 2 fully saturated rings. The molecule has 2 rings (SSSR count). The number of amides is 1. The van der Waals surface area contributed by atoms with Crippen molar-refractivity contribution in [1.29, 1.82) is 0 Å². The van der Waals surface area contributed by atoms with Crippen LogP contribution in [0.5, 0.6) is 0 Å². The molecule has 0 aromatic heterocycles. The highest BCUT2D eigenvalue weighted by molar-refractivity contribution is 5.81. The number of nitrogens with two attached hydrogens (primary N) is 2. The van der Waals surface area contributed by atoms with Gasteiger partial charge in [0.05, 0.1) is 5.41 Å². The first-order valence-corrected chi connectivity index (χ1v) is 9.16. The molecule has 4 N–H and O–H groups in total. The zero-order valence-electron chi connectivity index (χ0n) is 13.6. The van der Waals surface area contributed by atoms with E-state index in [4.69, 9.17) is 11.5 Å². The molecule has 2 aliphatic rings. The van der Waals surface area contributed by atoms with Gasteiger partial charge in [0, 0.05) is 6.54 Å². The highest BCUT2D eigenvalue weighted by Gasteiger charge is 2.38. The van der Waals surface area contributed by atoms with Crippen LogP contribution in [0.3, 0.4) is 0 Å². The Morgan fingerprint density at radius 1 is 0.905 bits per heavy atom. The molecule has 1 amide bonds. The average molecular weight is 294 g/mol. The topological polar surface area (TPSA) is 69.1 Å². The third-order valence-electron chi connectivity index (χ3n) is 6.07. The van der Waals surface area contributed by atoms with Gasteiger partial charge in [-0.15, -0.1) is 0 Å². The molecule has 2 aliphatic carbocycles. The van der Waals surface area contributed by atoms with Crippen LogP contribution in [0.4, 0.5) is 0 Å². The third-order valence-corrected chi connectivity index (χ3v) is 6.07. The van der Waals surface area contributed by atoms with Gasteiger partial charge in [-0.2, -0.15) is 0 Å². The Balaban J connectivity index is 1.92. The second kappa shape index (κ2) is 8.17. The maximum Gasteiger partial charge on any atom is 0.224 e. The molecule has 2 saturated carbocycles. The molecular weight excluding hydrogens is 260 g/mol. The van der Waals surface area contributed by atoms with Crippen LogP contribution in [0.1, 0.15) is 83.5 Å². The van der Waals surface area contributed by atoms with Gasteiger partial charge in [-0.3, -0.25) is 4.79 Å². The van der Waals surface area contributed by atoms with Gasteiger partial charge in [-0.05, 0) is 31.1 Å². The predicted octanol–water partition coefficient (Wildman–Crippen LogP) is 3.75. The fourth-order valence-electron chi connectivity index (χ4n) is 4.51. The first-order chi connectivity index (χ1) is 10.2. The molecule has 0 aromatic carbocycles. The molecule has 3 heteroatoms. The van der Waals surface area contributed by atoms with E-state index in [0.29, 0.717) is 12.5 Å². The summed E-state index contributed by atoms with van der Waals surface area (Å²) in [7, 11) is 0. The second-order valence-corrected chi connectivity index (χ2v) is 7.60. The van der Waals surface area contributed by atoms with Crippen LogP contribution in [0.2, 0.25) is 0 Å². The Bertz CT molecular complexity index is 319. The molecule has 21 heavy (non-hydrogen) atoms. The molecule has 0 aromatic rings. The van der Waals surface area contributed by atoms with Crippen molar-refractivity contribution < 1.29 is 4.79 Å². The largest absolute Gasteiger partial charge is 0.369 e. The van der Waals surface area contributed by atoms with E-state index in [1.807, 2.05) is 0 Å². The minimum Gasteiger partial charge on any atom is -0.369 e. The molecule has 0 spiro atoms. The first kappa shape index (κ1) is 16.8. The van der Waals surface area contributed by atoms with E-state index in [1.165, 1.54) is 64.2 Å². The lowest BCUT2D eigenvalue weighted by molar-refractivity contribution is -0.129. The minimum absolute atomic E-state index is 0.147. The zero-order chi connectivity index (χ0) is 15.1. The lowest BCUT2D eigenvalue weighted by Gasteiger charge is -2.36. The van der Waals surface area contributed by atoms with E-state index >= 15 is 0 Å². The Kier molecular flexibility index (Phi) is 6.53. The van der Waals surface area contributed by atoms with E-state index in [-0.39, 0.29) is 5.91 Å². The SMILES string of the molecule is NCC(CCC1CCCCC1)(CC1CCCCC1)C(N)=O. The normalized spacial score (nSPS) is 24.6. The van der Waals surface area contributed by atoms with Crippen molar-refractivity contribution in [1.82, 2.24) is 0 Å². The van der Waals surface area contributed by atoms with Crippen molar-refractivity contribution in [2.24, 2.45) is 28.7 Å². The molecule has 122 valence electrons. The van der Waals surface area contributed by atoms with Gasteiger partial charge in [0.1, 0.15) is 0 Å². The number of rotatable bonds is 7. The van der Waals surface area contributed by atoms with Crippen molar-refractivity contribution in [3.8, 4) is 0 Å². The van der Waals surface area contributed by atoms with Crippen molar-refractivity contribution in [3.05, 3.63) is 0 Å². The van der Waals surface area contributed by atoms with Gasteiger partial charge < -0.3 is 11.5 Å². The van der Waals surface area contributed by atoms with E-state index in [9.17, 15) is 4.79 Å². The van der Waals surface area contributed by atoms with Crippen LogP contribution in [-0.4, -0.2) is 12.5 Å². The number of hydrogen-bond acceptors (Lipinski definition) is 2. The van der Waals surface area contributed by atoms with Crippen LogP contribution in [0.15, 0.2) is 0 Å². The van der Waals surface area contributed by atoms with E-state index in [1.54, 1.807) is 0 Å². The summed E-state index contributed by atoms with van der Waals surface area (Å²) in [5.41, 5.74) is 11.4. The molecule has 0 radical (unpaired) electrons. The summed E-state index contributed by atoms with van der Waals surface area (Å²) in [5.74, 6) is 1.32. The number of hydrogen-bond donors (Lipinski definition) is 2. The number of carbonyl (C=O) groups is 1. The van der Waals surface area contributed by atoms with Gasteiger partial charge in [0.2, 0.25) is 5.91 Å². The highest BCUT2D eigenvalue weighted by Crippen LogP contribution is 2.39. The van der Waals surface area contributed by atoms with Gasteiger partial charge >= 0.3 is 0 Å². The van der Waals surface area contributed by atoms with Crippen LogP contribution < -0.4 is 11.5 Å². The Morgan fingerprint density at radius 3 is 1.90 bits per heavy atom. The predicted molar refractivity (Wildman–Crippen MR) is 87.7 cm³/mol. The van der Waals surface area contributed by atoms with Gasteiger partial charge in [0.15, 0.2) is 0 Å². The van der Waals surface area contributed by atoms with Crippen molar-refractivity contribution >= 4 is 5.91 Å². The number of carbonyl (C=O) groups excluding carboxylic acids is 1. The van der Waals surface area contributed by atoms with Crippen LogP contribution in [-0.2, 0) is 4.79 Å². The van der Waals surface area contributed by atoms with Crippen LogP contribution in [0.25, 0.3) is 0 Å². The maximum absolute atomic E-state index is 12.1. The average Bonchev–Trinajstić information content (AvgIpc) is 2.53. The molecule has 1 atom stereocenters. The second-order valence-electron chi connectivity index (χ2n) is 7.60. The Labute approximate surface area is 130 Å². The summed E-state index contributed by atoms with van der Waals surface area (Å²) in [6.07, 6.45) is 16.3. The van der Waals surface area contributed by atoms with E-state index in [0.717, 1.165) is 25.2 Å². The summed E-state index contributed by atoms with van der Waals surface area (Å²) in [5, 5.41) is 0. The van der Waals surface area contributed by atoms with E-state index < -0.39 is 5.41 Å². The minimum atomic E-state index is -0.431. The highest BCUT2D eigenvalue weighted by atomic mass is 16.1. The maximum atomic E-state index is 12.1. The van der Waals surface area contributed by atoms with Crippen molar-refractivity contribution in [2.45, 2.75) is 83.5 Å². The smallest absolute Gasteiger partial charge is 0.224 e. The quantitative estimate of drug-likeness (QED) is 0.751. The lowest BCUT2D eigenvalue weighted by Crippen LogP contribution is -2.45. The molecule has 3 nitrogen and oxygen atoms in total. The lowest BCUT2D eigenvalue weighted by atomic mass is 9.70. The molecule has 0 aliphatic heterocycles. The summed E-state index contributed by atoms with van der Waals surface area (Å²) in [6.45, 7) is 0.436. The zero-order valence-corrected chi connectivity index (χ0v) is 13.6. The van der Waals surface area contributed by atoms with Gasteiger partial charge in [-0.25, -0.2) is 0 Å². The van der Waals surface area contributed by atoms with Crippen LogP contribution in [0, 0.1) is 17.3 Å². The Morgan fingerprint density at radius 2 is 1.43 bits per heavy atom. The monoisotopic (exact) mass is 294 g/mol. The standard InChI is InChI=1S/C18H34N2O/c19-14-18(17(20)21,13-16-9-5-2-6-10-16)12-11-15-7-3-1-4-8-15/h15-16H,1-14,19H2,(H2,20,21). The molecule has 0 heterocycles. The third kappa shape index (κ3) is 4.70. The van der Waals surface area contributed by atoms with Gasteiger partial charge in [0.25, 0.3) is 0 Å². The van der Waals surface area contributed by atoms with Crippen LogP contribution >= 0.6 is 0 Å². The van der Waals surface area contributed by atoms with Crippen molar-refractivity contribution in [2.75, 3.05) is 6.54 Å². The summed E-state index contributed by atoms with van der Waals surface area (Å²) in [6, 6.07) is 0. The fraction of sp³-hybridized carbons (Fsp3) is 0.944. The van der Waals surface area contributed by atoms with Crippen molar-refractivity contribution in [3.63, 3.8) is 0 Å². The molecule has 1 unspecified atom stereocenters. The molecule has 0 bridgehead atoms. The van der Waals surface area contributed by atoms with Gasteiger partial charge in [-0.1, -0.05) is 64.2 Å². The van der Waals surface area contributed by atoms with E-state index in [2.05, 4.69) is 0 Å². The number of primary amides is 1. The summed E-state index contributed by atoms with van der Waals surface area (Å²) in [4.78, 5) is 12.1. The Hall–Kier alpha value is -0.570. The molecule has 0 saturated heterocycles. The first-order valence-electron chi connectivity index (χ1n) is 9.16.